The van der Waals surface area contributed by atoms with E-state index >= 15 is 0 Å². The number of nitrogens with one attached hydrogen (secondary N) is 2. The first-order chi connectivity index (χ1) is 13.0. The number of fused-ring (bicyclic) bond motifs is 1. The van der Waals surface area contributed by atoms with E-state index in [1.807, 2.05) is 37.3 Å². The number of aromatic amines is 1. The minimum absolute atomic E-state index is 0.101. The lowest BCUT2D eigenvalue weighted by molar-refractivity contribution is -0.119. The number of imidazole rings is 1. The molecule has 142 valence electrons. The Labute approximate surface area is 166 Å². The zero-order valence-electron chi connectivity index (χ0n) is 15.2. The minimum Gasteiger partial charge on any atom is -0.497 e. The maximum atomic E-state index is 12.4. The highest BCUT2D eigenvalue weighted by atomic mass is 35.5. The molecule has 0 radical (unpaired) electrons. The molecule has 0 saturated carbocycles. The topological polar surface area (TPSA) is 76.2 Å². The van der Waals surface area contributed by atoms with Crippen molar-refractivity contribution in [2.24, 2.45) is 0 Å². The van der Waals surface area contributed by atoms with Gasteiger partial charge in [-0.25, -0.2) is 4.98 Å². The van der Waals surface area contributed by atoms with Crippen LogP contribution in [0.1, 0.15) is 18.5 Å². The van der Waals surface area contributed by atoms with Crippen LogP contribution in [0.5, 0.6) is 11.5 Å². The molecule has 2 N–H and O–H groups in total. The number of hydrogen-bond donors (Lipinski definition) is 2. The highest BCUT2D eigenvalue weighted by Crippen LogP contribution is 2.29. The molecule has 27 heavy (non-hydrogen) atoms. The van der Waals surface area contributed by atoms with Crippen LogP contribution in [0.4, 0.5) is 0 Å². The largest absolute Gasteiger partial charge is 0.497 e. The van der Waals surface area contributed by atoms with Crippen LogP contribution in [-0.4, -0.2) is 35.8 Å². The molecule has 0 fully saturated rings. The van der Waals surface area contributed by atoms with Gasteiger partial charge in [0.25, 0.3) is 0 Å². The van der Waals surface area contributed by atoms with Crippen LogP contribution >= 0.6 is 23.4 Å². The number of thioether (sulfide) groups is 1. The van der Waals surface area contributed by atoms with E-state index in [0.717, 1.165) is 16.6 Å². The van der Waals surface area contributed by atoms with Gasteiger partial charge in [0.2, 0.25) is 5.91 Å². The summed E-state index contributed by atoms with van der Waals surface area (Å²) in [6, 6.07) is 10.7. The Balaban J connectivity index is 1.63. The lowest BCUT2D eigenvalue weighted by Gasteiger charge is -2.18. The standard InChI is InChI=1S/C19H20ClN3O3S/c1-11(14-9-13(25-2)5-7-17(14)26-3)21-18(24)10-27-19-22-15-6-4-12(20)8-16(15)23-19/h4-9,11H,10H2,1-3H3,(H,21,24)(H,22,23). The summed E-state index contributed by atoms with van der Waals surface area (Å²) in [6.45, 7) is 1.91. The Morgan fingerprint density at radius 2 is 2.07 bits per heavy atom. The molecule has 1 amide bonds. The van der Waals surface area contributed by atoms with Gasteiger partial charge in [0.05, 0.1) is 37.0 Å². The fraction of sp³-hybridized carbons (Fsp3) is 0.263. The Hall–Kier alpha value is -2.38. The number of H-pyrrole nitrogens is 1. The molecule has 0 saturated heterocycles. The van der Waals surface area contributed by atoms with Crippen molar-refractivity contribution >= 4 is 40.3 Å². The quantitative estimate of drug-likeness (QED) is 0.576. The molecule has 1 atom stereocenters. The molecule has 1 aromatic heterocycles. The number of nitrogens with zero attached hydrogens (tertiary/aromatic N) is 1. The van der Waals surface area contributed by atoms with E-state index in [1.165, 1.54) is 11.8 Å². The molecular formula is C19H20ClN3O3S. The van der Waals surface area contributed by atoms with Gasteiger partial charge in [-0.2, -0.15) is 0 Å². The predicted octanol–water partition coefficient (Wildman–Crippen LogP) is 4.20. The van der Waals surface area contributed by atoms with E-state index in [2.05, 4.69) is 15.3 Å². The van der Waals surface area contributed by atoms with Gasteiger partial charge < -0.3 is 19.8 Å². The summed E-state index contributed by atoms with van der Waals surface area (Å²) in [7, 11) is 3.20. The molecule has 8 heteroatoms. The zero-order valence-corrected chi connectivity index (χ0v) is 16.8. The first-order valence-corrected chi connectivity index (χ1v) is 9.66. The number of carbonyl (C=O) groups excluding carboxylic acids is 1. The molecule has 1 heterocycles. The number of halogens is 1. The average molecular weight is 406 g/mol. The second kappa shape index (κ2) is 8.54. The van der Waals surface area contributed by atoms with Crippen LogP contribution in [-0.2, 0) is 4.79 Å². The van der Waals surface area contributed by atoms with Gasteiger partial charge in [-0.1, -0.05) is 23.4 Å². The van der Waals surface area contributed by atoms with E-state index in [0.29, 0.717) is 21.7 Å². The summed E-state index contributed by atoms with van der Waals surface area (Å²) in [5.74, 6) is 1.55. The van der Waals surface area contributed by atoms with E-state index in [-0.39, 0.29) is 17.7 Å². The summed E-state index contributed by atoms with van der Waals surface area (Å²) in [5.41, 5.74) is 2.52. The molecule has 2 aromatic carbocycles. The molecule has 0 aliphatic heterocycles. The van der Waals surface area contributed by atoms with E-state index in [4.69, 9.17) is 21.1 Å². The Kier molecular flexibility index (Phi) is 6.13. The maximum absolute atomic E-state index is 12.4. The van der Waals surface area contributed by atoms with E-state index in [9.17, 15) is 4.79 Å². The normalized spacial score (nSPS) is 12.0. The molecular weight excluding hydrogens is 386 g/mol. The molecule has 0 aliphatic rings. The highest BCUT2D eigenvalue weighted by Gasteiger charge is 2.16. The number of aromatic nitrogens is 2. The van der Waals surface area contributed by atoms with Crippen LogP contribution in [0.3, 0.4) is 0 Å². The zero-order chi connectivity index (χ0) is 19.4. The minimum atomic E-state index is -0.224. The number of benzene rings is 2. The van der Waals surface area contributed by atoms with Crippen LogP contribution in [0.2, 0.25) is 5.02 Å². The van der Waals surface area contributed by atoms with Crippen molar-refractivity contribution in [3.63, 3.8) is 0 Å². The summed E-state index contributed by atoms with van der Waals surface area (Å²) in [6.07, 6.45) is 0. The molecule has 1 unspecified atom stereocenters. The van der Waals surface area contributed by atoms with Gasteiger partial charge in [-0.15, -0.1) is 0 Å². The van der Waals surface area contributed by atoms with Gasteiger partial charge in [0.15, 0.2) is 5.16 Å². The number of ether oxygens (including phenoxy) is 2. The summed E-state index contributed by atoms with van der Waals surface area (Å²) in [4.78, 5) is 20.0. The van der Waals surface area contributed by atoms with Crippen molar-refractivity contribution < 1.29 is 14.3 Å². The van der Waals surface area contributed by atoms with Crippen LogP contribution in [0.25, 0.3) is 11.0 Å². The SMILES string of the molecule is COc1ccc(OC)c(C(C)NC(=O)CSc2nc3ccc(Cl)cc3[nH]2)c1. The van der Waals surface area contributed by atoms with E-state index in [1.54, 1.807) is 20.3 Å². The van der Waals surface area contributed by atoms with Crippen molar-refractivity contribution in [1.29, 1.82) is 0 Å². The lowest BCUT2D eigenvalue weighted by atomic mass is 10.1. The monoisotopic (exact) mass is 405 g/mol. The third-order valence-electron chi connectivity index (χ3n) is 4.04. The number of carbonyl (C=O) groups is 1. The van der Waals surface area contributed by atoms with Crippen molar-refractivity contribution in [2.75, 3.05) is 20.0 Å². The molecule has 6 nitrogen and oxygen atoms in total. The number of rotatable bonds is 7. The summed E-state index contributed by atoms with van der Waals surface area (Å²) >= 11 is 7.32. The molecule has 0 aliphatic carbocycles. The Morgan fingerprint density at radius 3 is 2.81 bits per heavy atom. The first kappa shape index (κ1) is 19.4. The van der Waals surface area contributed by atoms with Crippen molar-refractivity contribution in [1.82, 2.24) is 15.3 Å². The molecule has 3 aromatic rings. The highest BCUT2D eigenvalue weighted by molar-refractivity contribution is 7.99. The third-order valence-corrected chi connectivity index (χ3v) is 5.15. The lowest BCUT2D eigenvalue weighted by Crippen LogP contribution is -2.28. The Bertz CT molecular complexity index is 961. The fourth-order valence-electron chi connectivity index (χ4n) is 2.70. The van der Waals surface area contributed by atoms with E-state index < -0.39 is 0 Å². The third kappa shape index (κ3) is 4.67. The second-order valence-electron chi connectivity index (χ2n) is 5.89. The van der Waals surface area contributed by atoms with Gasteiger partial charge in [0, 0.05) is 10.6 Å². The van der Waals surface area contributed by atoms with Gasteiger partial charge in [-0.3, -0.25) is 4.79 Å². The summed E-state index contributed by atoms with van der Waals surface area (Å²) in [5, 5.41) is 4.29. The average Bonchev–Trinajstić information content (AvgIpc) is 3.07. The van der Waals surface area contributed by atoms with Crippen LogP contribution in [0, 0.1) is 0 Å². The predicted molar refractivity (Wildman–Crippen MR) is 108 cm³/mol. The van der Waals surface area contributed by atoms with Gasteiger partial charge >= 0.3 is 0 Å². The first-order valence-electron chi connectivity index (χ1n) is 8.29. The Morgan fingerprint density at radius 1 is 1.26 bits per heavy atom. The molecule has 0 bridgehead atoms. The number of methoxy groups -OCH3 is 2. The number of amides is 1. The molecule has 0 spiro atoms. The molecule has 3 rings (SSSR count). The summed E-state index contributed by atoms with van der Waals surface area (Å²) < 4.78 is 10.6. The second-order valence-corrected chi connectivity index (χ2v) is 7.29. The van der Waals surface area contributed by atoms with Crippen LogP contribution < -0.4 is 14.8 Å². The van der Waals surface area contributed by atoms with Crippen molar-refractivity contribution in [2.45, 2.75) is 18.1 Å². The fourth-order valence-corrected chi connectivity index (χ4v) is 3.57. The smallest absolute Gasteiger partial charge is 0.230 e. The van der Waals surface area contributed by atoms with Gasteiger partial charge in [-0.05, 0) is 43.3 Å². The van der Waals surface area contributed by atoms with Gasteiger partial charge in [0.1, 0.15) is 11.5 Å². The van der Waals surface area contributed by atoms with Crippen LogP contribution in [0.15, 0.2) is 41.6 Å². The van der Waals surface area contributed by atoms with Crippen molar-refractivity contribution in [3.05, 3.63) is 47.0 Å². The number of hydrogen-bond acceptors (Lipinski definition) is 5. The maximum Gasteiger partial charge on any atom is 0.230 e. The van der Waals surface area contributed by atoms with Crippen molar-refractivity contribution in [3.8, 4) is 11.5 Å².